The van der Waals surface area contributed by atoms with Crippen LogP contribution in [0.4, 0.5) is 0 Å². The van der Waals surface area contributed by atoms with Gasteiger partial charge in [-0.2, -0.15) is 0 Å². The molecule has 0 unspecified atom stereocenters. The van der Waals surface area contributed by atoms with E-state index in [1.165, 1.54) is 10.9 Å². The second-order valence-corrected chi connectivity index (χ2v) is 6.76. The van der Waals surface area contributed by atoms with Crippen molar-refractivity contribution in [1.82, 2.24) is 14.9 Å². The Morgan fingerprint density at radius 3 is 2.75 bits per heavy atom. The fourth-order valence-electron chi connectivity index (χ4n) is 3.28. The van der Waals surface area contributed by atoms with Crippen LogP contribution in [0.1, 0.15) is 18.7 Å². The molecule has 142 valence electrons. The Kier molecular flexibility index (Phi) is 5.52. The van der Waals surface area contributed by atoms with Crippen molar-refractivity contribution in [3.63, 3.8) is 0 Å². The third-order valence-electron chi connectivity index (χ3n) is 4.76. The van der Waals surface area contributed by atoms with Gasteiger partial charge in [0.2, 0.25) is 5.91 Å². The van der Waals surface area contributed by atoms with Crippen molar-refractivity contribution in [3.8, 4) is 11.3 Å². The molecule has 0 fully saturated rings. The second kappa shape index (κ2) is 8.57. The number of fused-ring (bicyclic) bond motifs is 1. The number of nitrogens with one attached hydrogen (secondary N) is 1. The van der Waals surface area contributed by atoms with Gasteiger partial charge in [-0.05, 0) is 23.9 Å². The van der Waals surface area contributed by atoms with Gasteiger partial charge in [-0.3, -0.25) is 4.79 Å². The molecule has 5 nitrogen and oxygen atoms in total. The molecule has 0 saturated carbocycles. The monoisotopic (exact) mass is 373 g/mol. The van der Waals surface area contributed by atoms with Gasteiger partial charge in [0.1, 0.15) is 0 Å². The van der Waals surface area contributed by atoms with Crippen LogP contribution >= 0.6 is 0 Å². The lowest BCUT2D eigenvalue weighted by Crippen LogP contribution is -2.25. The van der Waals surface area contributed by atoms with E-state index in [2.05, 4.69) is 39.3 Å². The number of carbonyl (C=O) groups is 1. The average Bonchev–Trinajstić information content (AvgIpc) is 3.38. The summed E-state index contributed by atoms with van der Waals surface area (Å²) in [5.74, 6) is 1.35. The highest BCUT2D eigenvalue weighted by molar-refractivity contribution is 5.79. The number of para-hydroxylation sites is 1. The molecule has 1 amide bonds. The Bertz CT molecular complexity index is 1050. The van der Waals surface area contributed by atoms with Gasteiger partial charge in [-0.1, -0.05) is 48.5 Å². The first-order chi connectivity index (χ1) is 13.8. The molecule has 0 atom stereocenters. The molecule has 28 heavy (non-hydrogen) atoms. The van der Waals surface area contributed by atoms with Crippen LogP contribution in [0, 0.1) is 0 Å². The van der Waals surface area contributed by atoms with E-state index >= 15 is 0 Å². The van der Waals surface area contributed by atoms with Crippen LogP contribution in [0.15, 0.2) is 77.5 Å². The van der Waals surface area contributed by atoms with Crippen molar-refractivity contribution in [2.45, 2.75) is 25.8 Å². The molecule has 0 bridgehead atoms. The quantitative estimate of drug-likeness (QED) is 0.465. The van der Waals surface area contributed by atoms with E-state index in [1.54, 1.807) is 6.20 Å². The molecule has 2 aromatic heterocycles. The molecule has 0 saturated heterocycles. The van der Waals surface area contributed by atoms with Crippen molar-refractivity contribution in [2.24, 2.45) is 0 Å². The first-order valence-corrected chi connectivity index (χ1v) is 9.60. The maximum absolute atomic E-state index is 12.1. The summed E-state index contributed by atoms with van der Waals surface area (Å²) in [5.41, 5.74) is 2.22. The second-order valence-electron chi connectivity index (χ2n) is 6.76. The van der Waals surface area contributed by atoms with Crippen molar-refractivity contribution in [3.05, 3.63) is 78.9 Å². The molecular weight excluding hydrogens is 350 g/mol. The number of hydrogen-bond acceptors (Lipinski definition) is 3. The van der Waals surface area contributed by atoms with Crippen LogP contribution in [0.25, 0.3) is 22.2 Å². The lowest BCUT2D eigenvalue weighted by Gasteiger charge is -2.07. The van der Waals surface area contributed by atoms with E-state index in [0.717, 1.165) is 24.3 Å². The van der Waals surface area contributed by atoms with Crippen molar-refractivity contribution < 1.29 is 9.21 Å². The highest BCUT2D eigenvalue weighted by Crippen LogP contribution is 2.20. The van der Waals surface area contributed by atoms with E-state index in [4.69, 9.17) is 4.42 Å². The maximum Gasteiger partial charge on any atom is 0.220 e. The summed E-state index contributed by atoms with van der Waals surface area (Å²) in [6, 6.07) is 20.3. The molecule has 5 heteroatoms. The van der Waals surface area contributed by atoms with Gasteiger partial charge >= 0.3 is 0 Å². The topological polar surface area (TPSA) is 60.1 Å². The standard InChI is InChI=1S/C23H23N3O2/c27-22(11-12-23-25-17-21(28-23)19-8-2-1-3-9-19)24-14-6-15-26-16-13-18-7-4-5-10-20(18)26/h1-5,7-10,13,16-17H,6,11-12,14-15H2,(H,24,27). The van der Waals surface area contributed by atoms with E-state index in [1.807, 2.05) is 42.5 Å². The predicted octanol–water partition coefficient (Wildman–Crippen LogP) is 4.44. The van der Waals surface area contributed by atoms with Crippen LogP contribution < -0.4 is 5.32 Å². The zero-order valence-electron chi connectivity index (χ0n) is 15.7. The highest BCUT2D eigenvalue weighted by atomic mass is 16.4. The zero-order valence-corrected chi connectivity index (χ0v) is 15.7. The molecular formula is C23H23N3O2. The van der Waals surface area contributed by atoms with Gasteiger partial charge in [0, 0.05) is 43.2 Å². The van der Waals surface area contributed by atoms with E-state index in [9.17, 15) is 4.79 Å². The van der Waals surface area contributed by atoms with Crippen LogP contribution in [0.2, 0.25) is 0 Å². The van der Waals surface area contributed by atoms with Crippen molar-refractivity contribution in [2.75, 3.05) is 6.54 Å². The summed E-state index contributed by atoms with van der Waals surface area (Å²) >= 11 is 0. The molecule has 4 aromatic rings. The molecule has 0 radical (unpaired) electrons. The van der Waals surface area contributed by atoms with Crippen LogP contribution in [0.5, 0.6) is 0 Å². The molecule has 0 spiro atoms. The first kappa shape index (κ1) is 18.0. The van der Waals surface area contributed by atoms with Crippen molar-refractivity contribution >= 4 is 16.8 Å². The number of rotatable bonds is 8. The fraction of sp³-hybridized carbons (Fsp3) is 0.217. The molecule has 0 aliphatic rings. The summed E-state index contributed by atoms with van der Waals surface area (Å²) in [7, 11) is 0. The third kappa shape index (κ3) is 4.31. The van der Waals surface area contributed by atoms with Crippen molar-refractivity contribution in [1.29, 1.82) is 0 Å². The number of carbonyl (C=O) groups excluding carboxylic acids is 1. The number of aryl methyl sites for hydroxylation is 2. The largest absolute Gasteiger partial charge is 0.441 e. The summed E-state index contributed by atoms with van der Waals surface area (Å²) in [6.45, 7) is 1.54. The van der Waals surface area contributed by atoms with Crippen LogP contribution in [-0.4, -0.2) is 22.0 Å². The molecule has 2 heterocycles. The number of benzene rings is 2. The number of amides is 1. The normalized spacial score (nSPS) is 11.0. The number of nitrogens with zero attached hydrogens (tertiary/aromatic N) is 2. The minimum atomic E-state index is 0.0248. The molecule has 0 aliphatic carbocycles. The zero-order chi connectivity index (χ0) is 19.2. The summed E-state index contributed by atoms with van der Waals surface area (Å²) in [5, 5.41) is 4.22. The van der Waals surface area contributed by atoms with E-state index in [0.29, 0.717) is 25.3 Å². The molecule has 2 aromatic carbocycles. The molecule has 0 aliphatic heterocycles. The fourth-order valence-corrected chi connectivity index (χ4v) is 3.28. The van der Waals surface area contributed by atoms with Gasteiger partial charge in [0.25, 0.3) is 0 Å². The maximum atomic E-state index is 12.1. The predicted molar refractivity (Wildman–Crippen MR) is 110 cm³/mol. The lowest BCUT2D eigenvalue weighted by atomic mass is 10.2. The summed E-state index contributed by atoms with van der Waals surface area (Å²) in [6.07, 6.45) is 5.58. The number of oxazole rings is 1. The molecule has 1 N–H and O–H groups in total. The van der Waals surface area contributed by atoms with Gasteiger partial charge in [-0.15, -0.1) is 0 Å². The number of aromatic nitrogens is 2. The summed E-state index contributed by atoms with van der Waals surface area (Å²) in [4.78, 5) is 16.4. The van der Waals surface area contributed by atoms with Gasteiger partial charge in [0.05, 0.1) is 6.20 Å². The highest BCUT2D eigenvalue weighted by Gasteiger charge is 2.08. The Morgan fingerprint density at radius 2 is 1.86 bits per heavy atom. The van der Waals surface area contributed by atoms with E-state index < -0.39 is 0 Å². The minimum Gasteiger partial charge on any atom is -0.441 e. The lowest BCUT2D eigenvalue weighted by molar-refractivity contribution is -0.121. The number of hydrogen-bond donors (Lipinski definition) is 1. The average molecular weight is 373 g/mol. The van der Waals surface area contributed by atoms with Crippen LogP contribution in [0.3, 0.4) is 0 Å². The van der Waals surface area contributed by atoms with E-state index in [-0.39, 0.29) is 5.91 Å². The smallest absolute Gasteiger partial charge is 0.220 e. The Balaban J connectivity index is 1.20. The van der Waals surface area contributed by atoms with Gasteiger partial charge in [-0.25, -0.2) is 4.98 Å². The minimum absolute atomic E-state index is 0.0248. The van der Waals surface area contributed by atoms with Gasteiger partial charge in [0.15, 0.2) is 11.7 Å². The summed E-state index contributed by atoms with van der Waals surface area (Å²) < 4.78 is 7.96. The Labute approximate surface area is 164 Å². The molecule has 4 rings (SSSR count). The third-order valence-corrected chi connectivity index (χ3v) is 4.76. The van der Waals surface area contributed by atoms with Gasteiger partial charge < -0.3 is 14.3 Å². The first-order valence-electron chi connectivity index (χ1n) is 9.60. The Hall–Kier alpha value is -3.34. The SMILES string of the molecule is O=C(CCc1ncc(-c2ccccc2)o1)NCCCn1ccc2ccccc21. The Morgan fingerprint density at radius 1 is 1.04 bits per heavy atom. The van der Waals surface area contributed by atoms with Crippen LogP contribution in [-0.2, 0) is 17.8 Å².